The van der Waals surface area contributed by atoms with E-state index in [2.05, 4.69) is 89.8 Å². The highest BCUT2D eigenvalue weighted by atomic mass is 16.5. The standard InChI is InChI=1S/C34H29NO2/c1-3-11-26(12-4-1)24-36-31-19-28(20-32(22-31)37-25-27-13-5-2-6-14-27)23-35-33-17-9-7-15-29(33)21-30-16-8-10-18-34(30)35/h1-20,22H,21,23-25H2. The van der Waals surface area contributed by atoms with Gasteiger partial charge in [0.25, 0.3) is 0 Å². The molecular weight excluding hydrogens is 454 g/mol. The zero-order chi connectivity index (χ0) is 24.9. The van der Waals surface area contributed by atoms with Crippen molar-refractivity contribution in [2.24, 2.45) is 0 Å². The van der Waals surface area contributed by atoms with Gasteiger partial charge in [-0.2, -0.15) is 0 Å². The third-order valence-electron chi connectivity index (χ3n) is 6.72. The molecular formula is C34H29NO2. The van der Waals surface area contributed by atoms with Crippen LogP contribution in [0.5, 0.6) is 11.5 Å². The summed E-state index contributed by atoms with van der Waals surface area (Å²) in [7, 11) is 0. The molecule has 0 fully saturated rings. The summed E-state index contributed by atoms with van der Waals surface area (Å²) in [5, 5.41) is 0. The van der Waals surface area contributed by atoms with Gasteiger partial charge < -0.3 is 14.4 Å². The van der Waals surface area contributed by atoms with Crippen molar-refractivity contribution in [1.29, 1.82) is 0 Å². The van der Waals surface area contributed by atoms with Crippen LogP contribution in [-0.4, -0.2) is 0 Å². The summed E-state index contributed by atoms with van der Waals surface area (Å²) in [5.74, 6) is 1.62. The highest BCUT2D eigenvalue weighted by Crippen LogP contribution is 2.40. The summed E-state index contributed by atoms with van der Waals surface area (Å²) < 4.78 is 12.5. The Morgan fingerprint density at radius 2 is 0.946 bits per heavy atom. The minimum absolute atomic E-state index is 0.512. The molecule has 0 bridgehead atoms. The Balaban J connectivity index is 1.31. The van der Waals surface area contributed by atoms with Crippen LogP contribution in [0.25, 0.3) is 0 Å². The SMILES string of the molecule is c1ccc(COc2cc(CN3c4ccccc4Cc4ccccc43)cc(OCc3ccccc3)c2)cc1. The lowest BCUT2D eigenvalue weighted by atomic mass is 9.95. The van der Waals surface area contributed by atoms with E-state index in [0.717, 1.165) is 41.2 Å². The number of hydrogen-bond donors (Lipinski definition) is 0. The number of para-hydroxylation sites is 2. The first kappa shape index (κ1) is 22.9. The van der Waals surface area contributed by atoms with Gasteiger partial charge in [0.2, 0.25) is 0 Å². The number of rotatable bonds is 8. The average molecular weight is 484 g/mol. The summed E-state index contributed by atoms with van der Waals surface area (Å²) in [6, 6.07) is 44.2. The molecule has 0 spiro atoms. The van der Waals surface area contributed by atoms with Crippen molar-refractivity contribution in [3.8, 4) is 11.5 Å². The lowest BCUT2D eigenvalue weighted by Gasteiger charge is -2.33. The van der Waals surface area contributed by atoms with Gasteiger partial charge in [-0.25, -0.2) is 0 Å². The molecule has 6 rings (SSSR count). The van der Waals surface area contributed by atoms with Crippen molar-refractivity contribution in [2.75, 3.05) is 4.90 Å². The topological polar surface area (TPSA) is 21.7 Å². The second-order valence-electron chi connectivity index (χ2n) is 9.38. The number of hydrogen-bond acceptors (Lipinski definition) is 3. The average Bonchev–Trinajstić information content (AvgIpc) is 2.96. The third-order valence-corrected chi connectivity index (χ3v) is 6.72. The fourth-order valence-corrected chi connectivity index (χ4v) is 4.91. The van der Waals surface area contributed by atoms with Crippen LogP contribution in [-0.2, 0) is 26.2 Å². The quantitative estimate of drug-likeness (QED) is 0.223. The Morgan fingerprint density at radius 1 is 0.486 bits per heavy atom. The fourth-order valence-electron chi connectivity index (χ4n) is 4.91. The maximum Gasteiger partial charge on any atom is 0.123 e. The molecule has 0 saturated carbocycles. The van der Waals surface area contributed by atoms with E-state index in [0.29, 0.717) is 13.2 Å². The normalized spacial score (nSPS) is 11.9. The fraction of sp³-hybridized carbons (Fsp3) is 0.118. The number of ether oxygens (including phenoxy) is 2. The van der Waals surface area contributed by atoms with E-state index in [1.807, 2.05) is 42.5 Å². The molecule has 0 amide bonds. The molecule has 1 aliphatic heterocycles. The summed E-state index contributed by atoms with van der Waals surface area (Å²) >= 11 is 0. The zero-order valence-corrected chi connectivity index (χ0v) is 20.7. The van der Waals surface area contributed by atoms with Gasteiger partial charge in [0.15, 0.2) is 0 Å². The Morgan fingerprint density at radius 3 is 1.46 bits per heavy atom. The lowest BCUT2D eigenvalue weighted by Crippen LogP contribution is -2.23. The molecule has 1 heterocycles. The summed E-state index contributed by atoms with van der Waals surface area (Å²) in [4.78, 5) is 2.41. The van der Waals surface area contributed by atoms with Crippen LogP contribution in [0.15, 0.2) is 127 Å². The van der Waals surface area contributed by atoms with Gasteiger partial charge in [0.1, 0.15) is 24.7 Å². The maximum absolute atomic E-state index is 6.26. The molecule has 1 aliphatic rings. The minimum Gasteiger partial charge on any atom is -0.489 e. The van der Waals surface area contributed by atoms with Crippen molar-refractivity contribution in [2.45, 2.75) is 26.2 Å². The predicted molar refractivity (Wildman–Crippen MR) is 150 cm³/mol. The lowest BCUT2D eigenvalue weighted by molar-refractivity contribution is 0.289. The van der Waals surface area contributed by atoms with Gasteiger partial charge in [-0.15, -0.1) is 0 Å². The van der Waals surface area contributed by atoms with Gasteiger partial charge in [-0.1, -0.05) is 97.1 Å². The first-order valence-corrected chi connectivity index (χ1v) is 12.7. The molecule has 37 heavy (non-hydrogen) atoms. The molecule has 0 saturated heterocycles. The van der Waals surface area contributed by atoms with E-state index in [4.69, 9.17) is 9.47 Å². The second kappa shape index (κ2) is 10.6. The van der Waals surface area contributed by atoms with Crippen LogP contribution in [0.3, 0.4) is 0 Å². The molecule has 5 aromatic rings. The first-order chi connectivity index (χ1) is 18.3. The van der Waals surface area contributed by atoms with Crippen LogP contribution < -0.4 is 14.4 Å². The summed E-state index contributed by atoms with van der Waals surface area (Å²) in [5.41, 5.74) is 8.61. The summed E-state index contributed by atoms with van der Waals surface area (Å²) in [6.07, 6.45) is 0.953. The van der Waals surface area contributed by atoms with Gasteiger partial charge in [0, 0.05) is 30.4 Å². The maximum atomic E-state index is 6.26. The number of benzene rings is 5. The van der Waals surface area contributed by atoms with E-state index in [1.54, 1.807) is 0 Å². The predicted octanol–water partition coefficient (Wildman–Crippen LogP) is 8.09. The molecule has 0 aliphatic carbocycles. The van der Waals surface area contributed by atoms with Crippen molar-refractivity contribution in [3.63, 3.8) is 0 Å². The molecule has 0 radical (unpaired) electrons. The minimum atomic E-state index is 0.512. The van der Waals surface area contributed by atoms with Crippen LogP contribution in [0.2, 0.25) is 0 Å². The molecule has 0 unspecified atom stereocenters. The van der Waals surface area contributed by atoms with Crippen molar-refractivity contribution >= 4 is 11.4 Å². The highest BCUT2D eigenvalue weighted by molar-refractivity contribution is 5.74. The van der Waals surface area contributed by atoms with E-state index in [1.165, 1.54) is 22.5 Å². The number of anilines is 2. The van der Waals surface area contributed by atoms with E-state index in [-0.39, 0.29) is 0 Å². The number of nitrogens with zero attached hydrogens (tertiary/aromatic N) is 1. The largest absolute Gasteiger partial charge is 0.489 e. The van der Waals surface area contributed by atoms with Crippen LogP contribution in [0.1, 0.15) is 27.8 Å². The van der Waals surface area contributed by atoms with E-state index in [9.17, 15) is 0 Å². The van der Waals surface area contributed by atoms with E-state index >= 15 is 0 Å². The van der Waals surface area contributed by atoms with Gasteiger partial charge in [0.05, 0.1) is 0 Å². The summed E-state index contributed by atoms with van der Waals surface area (Å²) in [6.45, 7) is 1.74. The number of fused-ring (bicyclic) bond motifs is 2. The van der Waals surface area contributed by atoms with Crippen molar-refractivity contribution in [1.82, 2.24) is 0 Å². The highest BCUT2D eigenvalue weighted by Gasteiger charge is 2.22. The van der Waals surface area contributed by atoms with E-state index < -0.39 is 0 Å². The molecule has 3 nitrogen and oxygen atoms in total. The van der Waals surface area contributed by atoms with Crippen molar-refractivity contribution in [3.05, 3.63) is 155 Å². The molecule has 0 aromatic heterocycles. The Bertz CT molecular complexity index is 1370. The smallest absolute Gasteiger partial charge is 0.123 e. The first-order valence-electron chi connectivity index (χ1n) is 12.7. The molecule has 5 aromatic carbocycles. The van der Waals surface area contributed by atoms with Crippen LogP contribution in [0, 0.1) is 0 Å². The second-order valence-corrected chi connectivity index (χ2v) is 9.38. The van der Waals surface area contributed by atoms with Crippen LogP contribution >= 0.6 is 0 Å². The molecule has 182 valence electrons. The Hall–Kier alpha value is -4.50. The van der Waals surface area contributed by atoms with Gasteiger partial charge >= 0.3 is 0 Å². The molecule has 0 atom stereocenters. The third kappa shape index (κ3) is 5.36. The zero-order valence-electron chi connectivity index (χ0n) is 20.7. The molecule has 0 N–H and O–H groups in total. The Kier molecular flexibility index (Phi) is 6.59. The van der Waals surface area contributed by atoms with Gasteiger partial charge in [-0.3, -0.25) is 0 Å². The Labute approximate surface area is 218 Å². The van der Waals surface area contributed by atoms with Gasteiger partial charge in [-0.05, 0) is 52.1 Å². The van der Waals surface area contributed by atoms with Crippen molar-refractivity contribution < 1.29 is 9.47 Å². The monoisotopic (exact) mass is 483 g/mol. The van der Waals surface area contributed by atoms with Crippen LogP contribution in [0.4, 0.5) is 11.4 Å². The molecule has 3 heteroatoms.